The monoisotopic (exact) mass is 353 g/mol. The second-order valence-corrected chi connectivity index (χ2v) is 7.11. The van der Waals surface area contributed by atoms with E-state index in [1.54, 1.807) is 11.0 Å². The zero-order valence-corrected chi connectivity index (χ0v) is 14.6. The van der Waals surface area contributed by atoms with E-state index >= 15 is 0 Å². The van der Waals surface area contributed by atoms with E-state index < -0.39 is 0 Å². The Morgan fingerprint density at radius 1 is 1.23 bits per heavy atom. The smallest absolute Gasteiger partial charge is 0.230 e. The molecule has 1 saturated heterocycles. The topological polar surface area (TPSA) is 95.1 Å². The zero-order chi connectivity index (χ0) is 17.9. The molecule has 4 rings (SSSR count). The summed E-state index contributed by atoms with van der Waals surface area (Å²) >= 11 is 0. The van der Waals surface area contributed by atoms with Gasteiger partial charge in [-0.2, -0.15) is 4.98 Å². The van der Waals surface area contributed by atoms with Crippen LogP contribution in [-0.4, -0.2) is 46.3 Å². The number of aromatic nitrogens is 2. The van der Waals surface area contributed by atoms with Gasteiger partial charge in [-0.3, -0.25) is 4.79 Å². The van der Waals surface area contributed by atoms with E-state index in [1.807, 2.05) is 18.4 Å². The molecule has 26 heavy (non-hydrogen) atoms. The lowest BCUT2D eigenvalue weighted by Gasteiger charge is -2.26. The van der Waals surface area contributed by atoms with Gasteiger partial charge in [0, 0.05) is 42.4 Å². The van der Waals surface area contributed by atoms with Crippen molar-refractivity contribution in [1.29, 1.82) is 5.41 Å². The average Bonchev–Trinajstić information content (AvgIpc) is 3.12. The molecule has 1 amide bonds. The van der Waals surface area contributed by atoms with Crippen LogP contribution in [0.4, 0.5) is 0 Å². The quantitative estimate of drug-likeness (QED) is 0.793. The Balaban J connectivity index is 1.41. The van der Waals surface area contributed by atoms with Crippen LogP contribution < -0.4 is 5.32 Å². The molecule has 1 aromatic rings. The summed E-state index contributed by atoms with van der Waals surface area (Å²) in [7, 11) is 0. The standard InChI is InChI=1S/C19H23N5O2/c20-17-10-14(4-5-15(17)11-21-16-2-1-3-16)18-22-19(26-23-18)13-6-8-24(12-25)9-7-13/h4-5,10-13,16,20-21H,1-3,6-9H2/b15-11-,20-17?. The van der Waals surface area contributed by atoms with E-state index in [2.05, 4.69) is 15.5 Å². The third-order valence-electron chi connectivity index (χ3n) is 5.36. The van der Waals surface area contributed by atoms with Crippen molar-refractivity contribution in [2.24, 2.45) is 0 Å². The number of piperidine rings is 1. The summed E-state index contributed by atoms with van der Waals surface area (Å²) in [5.74, 6) is 1.34. The molecule has 7 nitrogen and oxygen atoms in total. The molecule has 0 radical (unpaired) electrons. The molecule has 136 valence electrons. The number of amides is 1. The van der Waals surface area contributed by atoms with Gasteiger partial charge in [-0.05, 0) is 38.2 Å². The first-order valence-electron chi connectivity index (χ1n) is 9.21. The highest BCUT2D eigenvalue weighted by Gasteiger charge is 2.25. The molecular formula is C19H23N5O2. The van der Waals surface area contributed by atoms with Crippen LogP contribution in [0.15, 0.2) is 34.5 Å². The minimum Gasteiger partial charge on any atom is -0.388 e. The van der Waals surface area contributed by atoms with Gasteiger partial charge < -0.3 is 20.1 Å². The molecule has 2 aliphatic carbocycles. The molecule has 0 unspecified atom stereocenters. The Hall–Kier alpha value is -2.70. The number of nitrogens with zero attached hydrogens (tertiary/aromatic N) is 3. The Labute approximate surface area is 152 Å². The third kappa shape index (κ3) is 3.47. The number of carbonyl (C=O) groups excluding carboxylic acids is 1. The zero-order valence-electron chi connectivity index (χ0n) is 14.6. The molecule has 0 atom stereocenters. The van der Waals surface area contributed by atoms with E-state index in [4.69, 9.17) is 9.93 Å². The van der Waals surface area contributed by atoms with E-state index in [1.165, 1.54) is 19.3 Å². The molecule has 3 aliphatic rings. The number of hydrogen-bond acceptors (Lipinski definition) is 6. The molecular weight excluding hydrogens is 330 g/mol. The third-order valence-corrected chi connectivity index (χ3v) is 5.36. The number of rotatable bonds is 5. The highest BCUT2D eigenvalue weighted by molar-refractivity contribution is 6.14. The lowest BCUT2D eigenvalue weighted by molar-refractivity contribution is -0.119. The summed E-state index contributed by atoms with van der Waals surface area (Å²) in [5, 5.41) is 15.7. The van der Waals surface area contributed by atoms with Crippen molar-refractivity contribution in [3.63, 3.8) is 0 Å². The molecule has 2 heterocycles. The highest BCUT2D eigenvalue weighted by atomic mass is 16.5. The van der Waals surface area contributed by atoms with Crippen molar-refractivity contribution in [1.82, 2.24) is 20.4 Å². The summed E-state index contributed by atoms with van der Waals surface area (Å²) in [5.41, 5.74) is 2.10. The van der Waals surface area contributed by atoms with Gasteiger partial charge in [0.2, 0.25) is 18.1 Å². The second kappa shape index (κ2) is 7.27. The first kappa shape index (κ1) is 16.8. The van der Waals surface area contributed by atoms with E-state index in [0.29, 0.717) is 23.5 Å². The summed E-state index contributed by atoms with van der Waals surface area (Å²) in [4.78, 5) is 17.1. The molecule has 1 aromatic heterocycles. The van der Waals surface area contributed by atoms with E-state index in [9.17, 15) is 4.79 Å². The second-order valence-electron chi connectivity index (χ2n) is 7.11. The fourth-order valence-corrected chi connectivity index (χ4v) is 3.37. The molecule has 1 saturated carbocycles. The maximum absolute atomic E-state index is 10.8. The lowest BCUT2D eigenvalue weighted by atomic mass is 9.93. The van der Waals surface area contributed by atoms with Crippen LogP contribution in [0, 0.1) is 5.41 Å². The maximum atomic E-state index is 10.8. The first-order valence-corrected chi connectivity index (χ1v) is 9.21. The average molecular weight is 353 g/mol. The van der Waals surface area contributed by atoms with E-state index in [0.717, 1.165) is 43.5 Å². The van der Waals surface area contributed by atoms with Crippen molar-refractivity contribution in [2.45, 2.75) is 44.1 Å². The molecule has 7 heteroatoms. The fourth-order valence-electron chi connectivity index (χ4n) is 3.37. The molecule has 0 bridgehead atoms. The molecule has 2 N–H and O–H groups in total. The predicted octanol–water partition coefficient (Wildman–Crippen LogP) is 2.40. The Kier molecular flexibility index (Phi) is 4.69. The SMILES string of the molecule is N=C1C=C(c2noc(C3CCN(C=O)CC3)n2)C=C/C1=C/NC1CCC1. The number of allylic oxidation sites excluding steroid dienone is 5. The summed E-state index contributed by atoms with van der Waals surface area (Å²) in [6.45, 7) is 1.45. The molecule has 2 fully saturated rings. The van der Waals surface area contributed by atoms with Crippen LogP contribution in [0.2, 0.25) is 0 Å². The lowest BCUT2D eigenvalue weighted by Crippen LogP contribution is -2.31. The van der Waals surface area contributed by atoms with Gasteiger partial charge in [0.25, 0.3) is 0 Å². The summed E-state index contributed by atoms with van der Waals surface area (Å²) in [6, 6.07) is 0.555. The minimum atomic E-state index is 0.196. The van der Waals surface area contributed by atoms with Crippen molar-refractivity contribution in [3.8, 4) is 0 Å². The van der Waals surface area contributed by atoms with Crippen LogP contribution in [-0.2, 0) is 4.79 Å². The van der Waals surface area contributed by atoms with Gasteiger partial charge in [-0.1, -0.05) is 17.3 Å². The van der Waals surface area contributed by atoms with Crippen LogP contribution in [0.3, 0.4) is 0 Å². The van der Waals surface area contributed by atoms with Crippen molar-refractivity contribution >= 4 is 17.7 Å². The Morgan fingerprint density at radius 3 is 2.69 bits per heavy atom. The largest absolute Gasteiger partial charge is 0.388 e. The summed E-state index contributed by atoms with van der Waals surface area (Å²) < 4.78 is 5.45. The minimum absolute atomic E-state index is 0.196. The molecule has 0 spiro atoms. The van der Waals surface area contributed by atoms with E-state index in [-0.39, 0.29) is 5.92 Å². The van der Waals surface area contributed by atoms with Gasteiger partial charge in [0.15, 0.2) is 0 Å². The normalized spacial score (nSPS) is 23.1. The molecule has 0 aromatic carbocycles. The van der Waals surface area contributed by atoms with Crippen molar-refractivity contribution < 1.29 is 9.32 Å². The van der Waals surface area contributed by atoms with Crippen LogP contribution in [0.25, 0.3) is 5.57 Å². The predicted molar refractivity (Wildman–Crippen MR) is 97.6 cm³/mol. The highest BCUT2D eigenvalue weighted by Crippen LogP contribution is 2.28. The van der Waals surface area contributed by atoms with Crippen LogP contribution in [0.5, 0.6) is 0 Å². The van der Waals surface area contributed by atoms with Gasteiger partial charge in [0.05, 0.1) is 5.71 Å². The number of nitrogens with one attached hydrogen (secondary N) is 2. The van der Waals surface area contributed by atoms with Crippen molar-refractivity contribution in [2.75, 3.05) is 13.1 Å². The Morgan fingerprint density at radius 2 is 2.04 bits per heavy atom. The number of hydrogen-bond donors (Lipinski definition) is 2. The van der Waals surface area contributed by atoms with Gasteiger partial charge in [-0.15, -0.1) is 0 Å². The Bertz CT molecular complexity index is 780. The van der Waals surface area contributed by atoms with Gasteiger partial charge >= 0.3 is 0 Å². The summed E-state index contributed by atoms with van der Waals surface area (Å²) in [6.07, 6.45) is 13.8. The number of carbonyl (C=O) groups is 1. The molecule has 1 aliphatic heterocycles. The first-order chi connectivity index (χ1) is 12.7. The van der Waals surface area contributed by atoms with Crippen LogP contribution in [0.1, 0.15) is 49.7 Å². The fraction of sp³-hybridized carbons (Fsp3) is 0.474. The van der Waals surface area contributed by atoms with Gasteiger partial charge in [0.1, 0.15) is 0 Å². The maximum Gasteiger partial charge on any atom is 0.230 e. The number of likely N-dealkylation sites (tertiary alicyclic amines) is 1. The van der Waals surface area contributed by atoms with Gasteiger partial charge in [-0.25, -0.2) is 0 Å². The van der Waals surface area contributed by atoms with Crippen molar-refractivity contribution in [3.05, 3.63) is 41.7 Å². The van der Waals surface area contributed by atoms with Crippen LogP contribution >= 0.6 is 0 Å².